The van der Waals surface area contributed by atoms with E-state index < -0.39 is 0 Å². The van der Waals surface area contributed by atoms with Crippen LogP contribution in [0.25, 0.3) is 0 Å². The van der Waals surface area contributed by atoms with Crippen molar-refractivity contribution < 1.29 is 9.47 Å². The average Bonchev–Trinajstić information content (AvgIpc) is 2.83. The third kappa shape index (κ3) is 5.06. The van der Waals surface area contributed by atoms with Gasteiger partial charge in [-0.05, 0) is 55.5 Å². The van der Waals surface area contributed by atoms with E-state index in [4.69, 9.17) is 21.1 Å². The van der Waals surface area contributed by atoms with Crippen LogP contribution >= 0.6 is 11.6 Å². The van der Waals surface area contributed by atoms with Crippen molar-refractivity contribution in [2.45, 2.75) is 31.7 Å². The number of methoxy groups -OCH3 is 1. The fraction of sp³-hybridized carbons (Fsp3) is 0.625. The highest BCUT2D eigenvalue weighted by Crippen LogP contribution is 2.25. The fourth-order valence-corrected chi connectivity index (χ4v) is 2.81. The zero-order chi connectivity index (χ0) is 14.2. The lowest BCUT2D eigenvalue weighted by Gasteiger charge is -2.11. The van der Waals surface area contributed by atoms with Gasteiger partial charge in [0.1, 0.15) is 0 Å². The van der Waals surface area contributed by atoms with Crippen molar-refractivity contribution in [2.24, 2.45) is 0 Å². The van der Waals surface area contributed by atoms with Crippen molar-refractivity contribution in [1.29, 1.82) is 0 Å². The Hall–Kier alpha value is -0.610. The molecular weight excluding hydrogens is 274 g/mol. The molecule has 1 aromatic carbocycles. The number of halogens is 1. The Bertz CT molecular complexity index is 411. The van der Waals surface area contributed by atoms with Gasteiger partial charge in [0.05, 0.1) is 13.2 Å². The molecule has 1 aliphatic rings. The van der Waals surface area contributed by atoms with Crippen LogP contribution in [-0.2, 0) is 22.3 Å². The van der Waals surface area contributed by atoms with Gasteiger partial charge in [0.15, 0.2) is 0 Å². The molecule has 1 N–H and O–H groups in total. The van der Waals surface area contributed by atoms with Crippen molar-refractivity contribution in [3.8, 4) is 0 Å². The summed E-state index contributed by atoms with van der Waals surface area (Å²) in [7, 11) is 1.69. The van der Waals surface area contributed by atoms with Crippen molar-refractivity contribution >= 4 is 11.6 Å². The molecule has 0 bridgehead atoms. The van der Waals surface area contributed by atoms with Gasteiger partial charge >= 0.3 is 0 Å². The summed E-state index contributed by atoms with van der Waals surface area (Å²) in [6, 6.07) is 6.81. The number of fused-ring (bicyclic) bond motifs is 1. The van der Waals surface area contributed by atoms with Crippen LogP contribution in [0, 0.1) is 0 Å². The molecule has 1 aromatic rings. The zero-order valence-electron chi connectivity index (χ0n) is 12.2. The second-order valence-corrected chi connectivity index (χ2v) is 5.72. The van der Waals surface area contributed by atoms with E-state index in [-0.39, 0.29) is 0 Å². The van der Waals surface area contributed by atoms with E-state index in [0.29, 0.717) is 19.3 Å². The average molecular weight is 298 g/mol. The van der Waals surface area contributed by atoms with Gasteiger partial charge in [0, 0.05) is 24.8 Å². The minimum absolute atomic E-state index is 0.567. The van der Waals surface area contributed by atoms with Gasteiger partial charge in [0.25, 0.3) is 0 Å². The maximum Gasteiger partial charge on any atom is 0.0700 e. The van der Waals surface area contributed by atoms with Crippen LogP contribution in [0.15, 0.2) is 18.2 Å². The number of hydrogen-bond donors (Lipinski definition) is 1. The molecule has 1 unspecified atom stereocenters. The monoisotopic (exact) mass is 297 g/mol. The number of rotatable bonds is 9. The maximum atomic E-state index is 6.03. The van der Waals surface area contributed by atoms with Crippen molar-refractivity contribution in [3.05, 3.63) is 34.3 Å². The lowest BCUT2D eigenvalue weighted by Crippen LogP contribution is -2.30. The van der Waals surface area contributed by atoms with Crippen molar-refractivity contribution in [1.82, 2.24) is 5.32 Å². The first-order valence-electron chi connectivity index (χ1n) is 7.37. The molecule has 0 heterocycles. The Morgan fingerprint density at radius 3 is 2.85 bits per heavy atom. The summed E-state index contributed by atoms with van der Waals surface area (Å²) in [5.41, 5.74) is 2.84. The molecule has 3 nitrogen and oxygen atoms in total. The van der Waals surface area contributed by atoms with E-state index in [9.17, 15) is 0 Å². The predicted molar refractivity (Wildman–Crippen MR) is 82.6 cm³/mol. The van der Waals surface area contributed by atoms with E-state index in [1.54, 1.807) is 7.11 Å². The zero-order valence-corrected chi connectivity index (χ0v) is 12.9. The molecule has 0 spiro atoms. The highest BCUT2D eigenvalue weighted by atomic mass is 35.5. The van der Waals surface area contributed by atoms with E-state index in [1.807, 2.05) is 6.07 Å². The van der Waals surface area contributed by atoms with Crippen LogP contribution in [0.5, 0.6) is 0 Å². The summed E-state index contributed by atoms with van der Waals surface area (Å²) in [6.07, 6.45) is 4.47. The third-order valence-corrected chi connectivity index (χ3v) is 3.92. The van der Waals surface area contributed by atoms with Gasteiger partial charge in [-0.3, -0.25) is 0 Å². The SMILES string of the molecule is COCCOCCCCNC1Cc2ccc(Cl)cc2C1. The summed E-state index contributed by atoms with van der Waals surface area (Å²) in [4.78, 5) is 0. The molecule has 112 valence electrons. The van der Waals surface area contributed by atoms with Gasteiger partial charge in [-0.25, -0.2) is 0 Å². The summed E-state index contributed by atoms with van der Waals surface area (Å²) < 4.78 is 10.4. The molecular formula is C16H24ClNO2. The Labute approximate surface area is 126 Å². The Balaban J connectivity index is 1.54. The van der Waals surface area contributed by atoms with Gasteiger partial charge in [0.2, 0.25) is 0 Å². The molecule has 20 heavy (non-hydrogen) atoms. The van der Waals surface area contributed by atoms with Gasteiger partial charge < -0.3 is 14.8 Å². The molecule has 0 radical (unpaired) electrons. The van der Waals surface area contributed by atoms with E-state index in [1.165, 1.54) is 11.1 Å². The number of benzene rings is 1. The van der Waals surface area contributed by atoms with Crippen LogP contribution in [0.4, 0.5) is 0 Å². The smallest absolute Gasteiger partial charge is 0.0700 e. The number of nitrogens with one attached hydrogen (secondary N) is 1. The first-order valence-corrected chi connectivity index (χ1v) is 7.75. The minimum Gasteiger partial charge on any atom is -0.382 e. The maximum absolute atomic E-state index is 6.03. The molecule has 4 heteroatoms. The topological polar surface area (TPSA) is 30.5 Å². The molecule has 1 aliphatic carbocycles. The summed E-state index contributed by atoms with van der Waals surface area (Å²) in [5.74, 6) is 0. The van der Waals surface area contributed by atoms with Crippen molar-refractivity contribution in [3.63, 3.8) is 0 Å². The Morgan fingerprint density at radius 1 is 1.15 bits per heavy atom. The molecule has 0 aliphatic heterocycles. The quantitative estimate of drug-likeness (QED) is 0.711. The molecule has 0 fully saturated rings. The molecule has 0 saturated carbocycles. The molecule has 1 atom stereocenters. The minimum atomic E-state index is 0.567. The summed E-state index contributed by atoms with van der Waals surface area (Å²) in [5, 5.41) is 4.47. The highest BCUT2D eigenvalue weighted by Gasteiger charge is 2.20. The second kappa shape index (κ2) is 8.63. The molecule has 0 aromatic heterocycles. The number of unbranched alkanes of at least 4 members (excludes halogenated alkanes) is 1. The van der Waals surface area contributed by atoms with Gasteiger partial charge in [-0.1, -0.05) is 17.7 Å². The predicted octanol–water partition coefficient (Wildman–Crippen LogP) is 2.84. The normalized spacial score (nSPS) is 17.4. The molecule has 0 amide bonds. The van der Waals surface area contributed by atoms with E-state index in [2.05, 4.69) is 17.4 Å². The first-order chi connectivity index (χ1) is 9.79. The van der Waals surface area contributed by atoms with Crippen LogP contribution in [-0.4, -0.2) is 39.5 Å². The molecule has 2 rings (SSSR count). The van der Waals surface area contributed by atoms with Crippen LogP contribution in [0.1, 0.15) is 24.0 Å². The lowest BCUT2D eigenvalue weighted by atomic mass is 10.1. The van der Waals surface area contributed by atoms with Crippen LogP contribution in [0.2, 0.25) is 5.02 Å². The number of ether oxygens (including phenoxy) is 2. The largest absolute Gasteiger partial charge is 0.382 e. The van der Waals surface area contributed by atoms with E-state index in [0.717, 1.165) is 43.9 Å². The van der Waals surface area contributed by atoms with Gasteiger partial charge in [-0.15, -0.1) is 0 Å². The first kappa shape index (κ1) is 15.8. The fourth-order valence-electron chi connectivity index (χ4n) is 2.61. The van der Waals surface area contributed by atoms with Gasteiger partial charge in [-0.2, -0.15) is 0 Å². The Morgan fingerprint density at radius 2 is 2.00 bits per heavy atom. The van der Waals surface area contributed by atoms with Crippen LogP contribution in [0.3, 0.4) is 0 Å². The number of hydrogen-bond acceptors (Lipinski definition) is 3. The Kier molecular flexibility index (Phi) is 6.80. The summed E-state index contributed by atoms with van der Waals surface area (Å²) in [6.45, 7) is 3.26. The third-order valence-electron chi connectivity index (χ3n) is 3.68. The highest BCUT2D eigenvalue weighted by molar-refractivity contribution is 6.30. The van der Waals surface area contributed by atoms with Crippen molar-refractivity contribution in [2.75, 3.05) is 33.5 Å². The standard InChI is InChI=1S/C16H24ClNO2/c1-19-8-9-20-7-3-2-6-18-16-11-13-4-5-15(17)10-14(13)12-16/h4-5,10,16,18H,2-3,6-9,11-12H2,1H3. The van der Waals surface area contributed by atoms with Crippen LogP contribution < -0.4 is 5.32 Å². The molecule has 0 saturated heterocycles. The second-order valence-electron chi connectivity index (χ2n) is 5.28. The summed E-state index contributed by atoms with van der Waals surface area (Å²) >= 11 is 6.03. The van der Waals surface area contributed by atoms with E-state index >= 15 is 0 Å². The lowest BCUT2D eigenvalue weighted by molar-refractivity contribution is 0.0687.